The summed E-state index contributed by atoms with van der Waals surface area (Å²) in [5, 5.41) is 0. The summed E-state index contributed by atoms with van der Waals surface area (Å²) in [6, 6.07) is 11.5. The molecule has 0 amide bonds. The van der Waals surface area contributed by atoms with Gasteiger partial charge in [-0.1, -0.05) is 37.3 Å². The summed E-state index contributed by atoms with van der Waals surface area (Å²) >= 11 is 0. The predicted octanol–water partition coefficient (Wildman–Crippen LogP) is 3.09. The lowest BCUT2D eigenvalue weighted by Gasteiger charge is -2.37. The van der Waals surface area contributed by atoms with Gasteiger partial charge in [-0.15, -0.1) is 0 Å². The van der Waals surface area contributed by atoms with E-state index in [1.807, 2.05) is 0 Å². The van der Waals surface area contributed by atoms with Crippen molar-refractivity contribution < 1.29 is 0 Å². The summed E-state index contributed by atoms with van der Waals surface area (Å²) in [6.45, 7) is 3.61. The molecule has 1 heterocycles. The Morgan fingerprint density at radius 3 is 2.57 bits per heavy atom. The third-order valence-corrected chi connectivity index (χ3v) is 3.33. The Hall–Kier alpha value is -0.820. The third-order valence-electron chi connectivity index (χ3n) is 3.33. The lowest BCUT2D eigenvalue weighted by molar-refractivity contribution is 0.131. The van der Waals surface area contributed by atoms with Crippen LogP contribution in [0.1, 0.15) is 31.4 Å². The monoisotopic (exact) mass is 189 g/mol. The van der Waals surface area contributed by atoms with Crippen LogP contribution in [0.5, 0.6) is 0 Å². The van der Waals surface area contributed by atoms with Gasteiger partial charge < -0.3 is 0 Å². The van der Waals surface area contributed by atoms with E-state index in [-0.39, 0.29) is 0 Å². The topological polar surface area (TPSA) is 3.24 Å². The summed E-state index contributed by atoms with van der Waals surface area (Å²) < 4.78 is 0. The molecule has 0 aliphatic carbocycles. The van der Waals surface area contributed by atoms with Gasteiger partial charge in [-0.2, -0.15) is 0 Å². The van der Waals surface area contributed by atoms with Crippen molar-refractivity contribution >= 4 is 0 Å². The molecule has 1 saturated heterocycles. The van der Waals surface area contributed by atoms with E-state index in [4.69, 9.17) is 0 Å². The molecular weight excluding hydrogens is 170 g/mol. The molecule has 1 aromatic rings. The minimum atomic E-state index is 0.630. The maximum absolute atomic E-state index is 2.49. The highest BCUT2D eigenvalue weighted by atomic mass is 15.1. The van der Waals surface area contributed by atoms with Crippen LogP contribution in [0.4, 0.5) is 0 Å². The van der Waals surface area contributed by atoms with E-state index in [1.165, 1.54) is 24.9 Å². The third kappa shape index (κ3) is 1.83. The van der Waals surface area contributed by atoms with Crippen molar-refractivity contribution in [1.29, 1.82) is 0 Å². The zero-order chi connectivity index (χ0) is 9.97. The second-order valence-corrected chi connectivity index (χ2v) is 4.46. The van der Waals surface area contributed by atoms with Gasteiger partial charge in [0.25, 0.3) is 0 Å². The van der Waals surface area contributed by atoms with E-state index < -0.39 is 0 Å². The molecule has 0 aromatic heterocycles. The molecule has 0 bridgehead atoms. The van der Waals surface area contributed by atoms with Gasteiger partial charge in [-0.05, 0) is 37.9 Å². The molecule has 1 aromatic carbocycles. The SMILES string of the molecule is CC1CCCN(C)C1c1ccccc1. The quantitative estimate of drug-likeness (QED) is 0.656. The van der Waals surface area contributed by atoms with E-state index in [9.17, 15) is 0 Å². The average Bonchev–Trinajstić information content (AvgIpc) is 2.19. The normalized spacial score (nSPS) is 29.0. The fraction of sp³-hybridized carbons (Fsp3) is 0.538. The van der Waals surface area contributed by atoms with Gasteiger partial charge in [0.1, 0.15) is 0 Å². The Bertz CT molecular complexity index is 271. The number of piperidine rings is 1. The van der Waals surface area contributed by atoms with E-state index in [2.05, 4.69) is 49.2 Å². The van der Waals surface area contributed by atoms with Crippen LogP contribution in [0.3, 0.4) is 0 Å². The van der Waals surface area contributed by atoms with E-state index >= 15 is 0 Å². The number of benzene rings is 1. The molecule has 2 rings (SSSR count). The van der Waals surface area contributed by atoms with Crippen molar-refractivity contribution in [2.24, 2.45) is 5.92 Å². The Morgan fingerprint density at radius 2 is 1.93 bits per heavy atom. The Kier molecular flexibility index (Phi) is 2.87. The van der Waals surface area contributed by atoms with Crippen molar-refractivity contribution in [3.8, 4) is 0 Å². The minimum Gasteiger partial charge on any atom is -0.299 e. The van der Waals surface area contributed by atoms with Crippen molar-refractivity contribution in [2.45, 2.75) is 25.8 Å². The number of hydrogen-bond donors (Lipinski definition) is 0. The zero-order valence-corrected chi connectivity index (χ0v) is 9.11. The van der Waals surface area contributed by atoms with Crippen LogP contribution < -0.4 is 0 Å². The first-order chi connectivity index (χ1) is 6.79. The molecule has 76 valence electrons. The summed E-state index contributed by atoms with van der Waals surface area (Å²) in [7, 11) is 2.24. The molecule has 0 spiro atoms. The van der Waals surface area contributed by atoms with Gasteiger partial charge in [-0.25, -0.2) is 0 Å². The molecule has 1 nitrogen and oxygen atoms in total. The summed E-state index contributed by atoms with van der Waals surface area (Å²) in [4.78, 5) is 2.49. The first-order valence-electron chi connectivity index (χ1n) is 5.54. The number of rotatable bonds is 1. The molecule has 1 aliphatic heterocycles. The number of likely N-dealkylation sites (tertiary alicyclic amines) is 1. The largest absolute Gasteiger partial charge is 0.299 e. The predicted molar refractivity (Wildman–Crippen MR) is 60.2 cm³/mol. The molecule has 1 aliphatic rings. The maximum Gasteiger partial charge on any atom is 0.0370 e. The highest BCUT2D eigenvalue weighted by molar-refractivity contribution is 5.20. The van der Waals surface area contributed by atoms with Gasteiger partial charge in [0, 0.05) is 6.04 Å². The summed E-state index contributed by atoms with van der Waals surface area (Å²) in [5.41, 5.74) is 1.47. The first kappa shape index (κ1) is 9.72. The first-order valence-corrected chi connectivity index (χ1v) is 5.54. The maximum atomic E-state index is 2.49. The second-order valence-electron chi connectivity index (χ2n) is 4.46. The summed E-state index contributed by atoms with van der Waals surface area (Å²) in [5.74, 6) is 0.788. The smallest absolute Gasteiger partial charge is 0.0370 e. The molecular formula is C13H19N. The Labute approximate surface area is 86.7 Å². The molecule has 1 fully saturated rings. The van der Waals surface area contributed by atoms with Gasteiger partial charge >= 0.3 is 0 Å². The standard InChI is InChI=1S/C13H19N/c1-11-7-6-10-14(2)13(11)12-8-4-3-5-9-12/h3-5,8-9,11,13H,6-7,10H2,1-2H3. The Balaban J connectivity index is 2.23. The zero-order valence-electron chi connectivity index (χ0n) is 9.11. The number of nitrogens with zero attached hydrogens (tertiary/aromatic N) is 1. The minimum absolute atomic E-state index is 0.630. The average molecular weight is 189 g/mol. The highest BCUT2D eigenvalue weighted by Gasteiger charge is 2.26. The van der Waals surface area contributed by atoms with Crippen LogP contribution >= 0.6 is 0 Å². The van der Waals surface area contributed by atoms with Crippen LogP contribution in [-0.2, 0) is 0 Å². The fourth-order valence-electron chi connectivity index (χ4n) is 2.63. The van der Waals surface area contributed by atoms with Crippen LogP contribution in [0.15, 0.2) is 30.3 Å². The van der Waals surface area contributed by atoms with E-state index in [0.29, 0.717) is 6.04 Å². The van der Waals surface area contributed by atoms with Gasteiger partial charge in [0.15, 0.2) is 0 Å². The summed E-state index contributed by atoms with van der Waals surface area (Å²) in [6.07, 6.45) is 2.71. The van der Waals surface area contributed by atoms with Crippen molar-refractivity contribution in [3.63, 3.8) is 0 Å². The van der Waals surface area contributed by atoms with Gasteiger partial charge in [-0.3, -0.25) is 4.90 Å². The second kappa shape index (κ2) is 4.14. The molecule has 0 radical (unpaired) electrons. The molecule has 0 saturated carbocycles. The molecule has 1 heteroatoms. The van der Waals surface area contributed by atoms with Gasteiger partial charge in [0.2, 0.25) is 0 Å². The van der Waals surface area contributed by atoms with Crippen molar-refractivity contribution in [2.75, 3.05) is 13.6 Å². The van der Waals surface area contributed by atoms with E-state index in [1.54, 1.807) is 0 Å². The van der Waals surface area contributed by atoms with Crippen LogP contribution in [0, 0.1) is 5.92 Å². The molecule has 2 unspecified atom stereocenters. The molecule has 2 atom stereocenters. The van der Waals surface area contributed by atoms with Crippen LogP contribution in [0.25, 0.3) is 0 Å². The lowest BCUT2D eigenvalue weighted by atomic mass is 9.86. The van der Waals surface area contributed by atoms with Crippen molar-refractivity contribution in [1.82, 2.24) is 4.90 Å². The van der Waals surface area contributed by atoms with E-state index in [0.717, 1.165) is 5.92 Å². The fourth-order valence-corrected chi connectivity index (χ4v) is 2.63. The van der Waals surface area contributed by atoms with Gasteiger partial charge in [0.05, 0.1) is 0 Å². The lowest BCUT2D eigenvalue weighted by Crippen LogP contribution is -2.34. The molecule has 0 N–H and O–H groups in total. The Morgan fingerprint density at radius 1 is 1.21 bits per heavy atom. The number of hydrogen-bond acceptors (Lipinski definition) is 1. The molecule has 14 heavy (non-hydrogen) atoms. The van der Waals surface area contributed by atoms with Crippen LogP contribution in [-0.4, -0.2) is 18.5 Å². The highest BCUT2D eigenvalue weighted by Crippen LogP contribution is 2.34. The van der Waals surface area contributed by atoms with Crippen LogP contribution in [0.2, 0.25) is 0 Å². The van der Waals surface area contributed by atoms with Crippen molar-refractivity contribution in [3.05, 3.63) is 35.9 Å².